The number of hydrogen-bond donors (Lipinski definition) is 0. The molecular formula is C23H24N4O3S. The Morgan fingerprint density at radius 1 is 1.13 bits per heavy atom. The van der Waals surface area contributed by atoms with Gasteiger partial charge in [-0.1, -0.05) is 30.0 Å². The molecule has 1 amide bonds. The van der Waals surface area contributed by atoms with Crippen molar-refractivity contribution in [3.63, 3.8) is 0 Å². The van der Waals surface area contributed by atoms with Crippen LogP contribution in [0.4, 0.5) is 5.69 Å². The van der Waals surface area contributed by atoms with Crippen molar-refractivity contribution in [2.24, 2.45) is 0 Å². The van der Waals surface area contributed by atoms with E-state index in [1.54, 1.807) is 0 Å². The number of para-hydroxylation sites is 1. The van der Waals surface area contributed by atoms with Crippen LogP contribution < -0.4 is 14.4 Å². The number of rotatable bonds is 5. The van der Waals surface area contributed by atoms with Crippen LogP contribution in [0.15, 0.2) is 47.6 Å². The number of anilines is 1. The predicted molar refractivity (Wildman–Crippen MR) is 120 cm³/mol. The number of hydrogen-bond acceptors (Lipinski definition) is 6. The fourth-order valence-electron chi connectivity index (χ4n) is 4.22. The summed E-state index contributed by atoms with van der Waals surface area (Å²) in [6.07, 6.45) is 0.895. The monoisotopic (exact) mass is 436 g/mol. The zero-order valence-corrected chi connectivity index (χ0v) is 18.4. The molecule has 0 unspecified atom stereocenters. The van der Waals surface area contributed by atoms with Crippen LogP contribution in [0.1, 0.15) is 19.4 Å². The molecule has 0 saturated carbocycles. The molecular weight excluding hydrogens is 412 g/mol. The van der Waals surface area contributed by atoms with Gasteiger partial charge in [0.2, 0.25) is 5.91 Å². The SMILES string of the molecule is CCn1c(SCC(=O)N2c3ccccc3C[C@@H]2C)nnc1-c1ccc2c(c1)OCCO2. The summed E-state index contributed by atoms with van der Waals surface area (Å²) in [5, 5.41) is 9.51. The third-order valence-corrected chi connectivity index (χ3v) is 6.59. The molecule has 2 aromatic carbocycles. The number of amides is 1. The van der Waals surface area contributed by atoms with Crippen LogP contribution in [-0.2, 0) is 17.8 Å². The molecule has 8 heteroatoms. The largest absolute Gasteiger partial charge is 0.486 e. The highest BCUT2D eigenvalue weighted by molar-refractivity contribution is 7.99. The molecule has 1 atom stereocenters. The van der Waals surface area contributed by atoms with E-state index in [9.17, 15) is 4.79 Å². The summed E-state index contributed by atoms with van der Waals surface area (Å²) in [7, 11) is 0. The van der Waals surface area contributed by atoms with E-state index in [2.05, 4.69) is 30.1 Å². The van der Waals surface area contributed by atoms with Crippen LogP contribution in [-0.4, -0.2) is 45.7 Å². The van der Waals surface area contributed by atoms with E-state index in [-0.39, 0.29) is 11.9 Å². The Morgan fingerprint density at radius 3 is 2.77 bits per heavy atom. The van der Waals surface area contributed by atoms with Crippen molar-refractivity contribution in [3.8, 4) is 22.9 Å². The normalized spacial score (nSPS) is 17.0. The molecule has 0 bridgehead atoms. The van der Waals surface area contributed by atoms with Crippen LogP contribution >= 0.6 is 11.8 Å². The number of fused-ring (bicyclic) bond motifs is 2. The van der Waals surface area contributed by atoms with E-state index in [0.717, 1.165) is 40.2 Å². The minimum absolute atomic E-state index is 0.0917. The van der Waals surface area contributed by atoms with Crippen LogP contribution in [0.5, 0.6) is 11.5 Å². The van der Waals surface area contributed by atoms with Crippen molar-refractivity contribution < 1.29 is 14.3 Å². The standard InChI is InChI=1S/C23H24N4O3S/c1-3-26-22(17-8-9-19-20(13-17)30-11-10-29-19)24-25-23(26)31-14-21(28)27-15(2)12-16-6-4-5-7-18(16)27/h4-9,13,15H,3,10-12,14H2,1-2H3/t15-/m0/s1. The van der Waals surface area contributed by atoms with Gasteiger partial charge in [-0.05, 0) is 50.1 Å². The summed E-state index contributed by atoms with van der Waals surface area (Å²) in [4.78, 5) is 15.0. The second kappa shape index (κ2) is 8.26. The van der Waals surface area contributed by atoms with Gasteiger partial charge < -0.3 is 18.9 Å². The fourth-order valence-corrected chi connectivity index (χ4v) is 5.08. The molecule has 0 N–H and O–H groups in total. The topological polar surface area (TPSA) is 69.5 Å². The highest BCUT2D eigenvalue weighted by atomic mass is 32.2. The number of aromatic nitrogens is 3. The molecule has 7 nitrogen and oxygen atoms in total. The molecule has 0 aliphatic carbocycles. The van der Waals surface area contributed by atoms with Crippen molar-refractivity contribution in [2.75, 3.05) is 23.9 Å². The maximum atomic E-state index is 13.0. The van der Waals surface area contributed by atoms with Gasteiger partial charge in [0.05, 0.1) is 5.75 Å². The van der Waals surface area contributed by atoms with E-state index in [1.165, 1.54) is 17.3 Å². The lowest BCUT2D eigenvalue weighted by Crippen LogP contribution is -2.37. The van der Waals surface area contributed by atoms with Crippen LogP contribution in [0.3, 0.4) is 0 Å². The molecule has 0 spiro atoms. The second-order valence-electron chi connectivity index (χ2n) is 7.64. The Kier molecular flexibility index (Phi) is 5.31. The zero-order valence-electron chi connectivity index (χ0n) is 17.6. The van der Waals surface area contributed by atoms with E-state index >= 15 is 0 Å². The number of carbonyl (C=O) groups excluding carboxylic acids is 1. The Balaban J connectivity index is 1.34. The van der Waals surface area contributed by atoms with Gasteiger partial charge in [0, 0.05) is 23.8 Å². The van der Waals surface area contributed by atoms with E-state index in [1.807, 2.05) is 45.9 Å². The first-order chi connectivity index (χ1) is 15.2. The second-order valence-corrected chi connectivity index (χ2v) is 8.59. The number of ether oxygens (including phenoxy) is 2. The molecule has 0 fully saturated rings. The van der Waals surface area contributed by atoms with Crippen molar-refractivity contribution in [1.29, 1.82) is 0 Å². The lowest BCUT2D eigenvalue weighted by atomic mass is 10.1. The van der Waals surface area contributed by atoms with E-state index in [0.29, 0.717) is 25.5 Å². The minimum Gasteiger partial charge on any atom is -0.486 e. The third kappa shape index (κ3) is 3.65. The Labute approximate surface area is 185 Å². The summed E-state index contributed by atoms with van der Waals surface area (Å²) in [5.74, 6) is 2.64. The zero-order chi connectivity index (χ0) is 21.4. The minimum atomic E-state index is 0.0917. The van der Waals surface area contributed by atoms with Gasteiger partial charge in [0.15, 0.2) is 22.5 Å². The molecule has 160 valence electrons. The first kappa shape index (κ1) is 19.9. The van der Waals surface area contributed by atoms with Crippen LogP contribution in [0, 0.1) is 0 Å². The molecule has 2 aliphatic heterocycles. The highest BCUT2D eigenvalue weighted by Gasteiger charge is 2.30. The average Bonchev–Trinajstić information content (AvgIpc) is 3.36. The predicted octanol–water partition coefficient (Wildman–Crippen LogP) is 3.81. The molecule has 3 aromatic rings. The fraction of sp³-hybridized carbons (Fsp3) is 0.348. The van der Waals surface area contributed by atoms with Gasteiger partial charge >= 0.3 is 0 Å². The number of nitrogens with zero attached hydrogens (tertiary/aromatic N) is 4. The summed E-state index contributed by atoms with van der Waals surface area (Å²) < 4.78 is 13.3. The average molecular weight is 437 g/mol. The number of thioether (sulfide) groups is 1. The summed E-state index contributed by atoms with van der Waals surface area (Å²) in [5.41, 5.74) is 3.17. The quantitative estimate of drug-likeness (QED) is 0.567. The maximum absolute atomic E-state index is 13.0. The maximum Gasteiger partial charge on any atom is 0.237 e. The Bertz CT molecular complexity index is 1130. The van der Waals surface area contributed by atoms with Gasteiger partial charge in [-0.15, -0.1) is 10.2 Å². The molecule has 3 heterocycles. The lowest BCUT2D eigenvalue weighted by molar-refractivity contribution is -0.116. The number of carbonyl (C=O) groups is 1. The first-order valence-electron chi connectivity index (χ1n) is 10.5. The van der Waals surface area contributed by atoms with Crippen LogP contribution in [0.25, 0.3) is 11.4 Å². The van der Waals surface area contributed by atoms with Crippen molar-refractivity contribution in [3.05, 3.63) is 48.0 Å². The Morgan fingerprint density at radius 2 is 1.94 bits per heavy atom. The molecule has 31 heavy (non-hydrogen) atoms. The van der Waals surface area contributed by atoms with Gasteiger partial charge in [0.25, 0.3) is 0 Å². The van der Waals surface area contributed by atoms with E-state index < -0.39 is 0 Å². The molecule has 0 saturated heterocycles. The summed E-state index contributed by atoms with van der Waals surface area (Å²) in [6, 6.07) is 14.1. The van der Waals surface area contributed by atoms with Gasteiger partial charge in [-0.2, -0.15) is 0 Å². The van der Waals surface area contributed by atoms with E-state index in [4.69, 9.17) is 9.47 Å². The highest BCUT2D eigenvalue weighted by Crippen LogP contribution is 2.36. The van der Waals surface area contributed by atoms with Crippen molar-refractivity contribution in [2.45, 2.75) is 38.0 Å². The molecule has 5 rings (SSSR count). The molecule has 0 radical (unpaired) electrons. The van der Waals surface area contributed by atoms with Crippen LogP contribution in [0.2, 0.25) is 0 Å². The summed E-state index contributed by atoms with van der Waals surface area (Å²) >= 11 is 1.43. The van der Waals surface area contributed by atoms with Gasteiger partial charge in [0.1, 0.15) is 13.2 Å². The third-order valence-electron chi connectivity index (χ3n) is 5.63. The first-order valence-corrected chi connectivity index (χ1v) is 11.5. The summed E-state index contributed by atoms with van der Waals surface area (Å²) in [6.45, 7) is 5.95. The van der Waals surface area contributed by atoms with Gasteiger partial charge in [-0.3, -0.25) is 4.79 Å². The number of benzene rings is 2. The van der Waals surface area contributed by atoms with Crippen molar-refractivity contribution >= 4 is 23.4 Å². The lowest BCUT2D eigenvalue weighted by Gasteiger charge is -2.22. The molecule has 1 aromatic heterocycles. The molecule has 2 aliphatic rings. The van der Waals surface area contributed by atoms with Crippen molar-refractivity contribution in [1.82, 2.24) is 14.8 Å². The smallest absolute Gasteiger partial charge is 0.237 e. The Hall–Kier alpha value is -3.00. The van der Waals surface area contributed by atoms with Gasteiger partial charge in [-0.25, -0.2) is 0 Å².